The van der Waals surface area contributed by atoms with Gasteiger partial charge in [-0.3, -0.25) is 9.59 Å². The van der Waals surface area contributed by atoms with Gasteiger partial charge in [-0.15, -0.1) is 11.8 Å². The van der Waals surface area contributed by atoms with Crippen LogP contribution in [0, 0.1) is 6.92 Å². The minimum atomic E-state index is -0.924. The number of rotatable bonds is 8. The number of benzene rings is 3. The molecule has 0 aliphatic rings. The number of thioether (sulfide) groups is 1. The van der Waals surface area contributed by atoms with E-state index in [-0.39, 0.29) is 23.5 Å². The summed E-state index contributed by atoms with van der Waals surface area (Å²) in [5.74, 6) is -1.28. The number of carboxylic acids is 1. The van der Waals surface area contributed by atoms with Crippen molar-refractivity contribution in [1.29, 1.82) is 0 Å². The van der Waals surface area contributed by atoms with E-state index in [1.807, 2.05) is 73.7 Å². The molecule has 1 amide bonds. The number of aromatic nitrogens is 1. The van der Waals surface area contributed by atoms with E-state index >= 15 is 0 Å². The van der Waals surface area contributed by atoms with E-state index in [1.165, 1.54) is 11.8 Å². The Morgan fingerprint density at radius 1 is 1.09 bits per heavy atom. The van der Waals surface area contributed by atoms with Crippen molar-refractivity contribution in [1.82, 2.24) is 10.3 Å². The second-order valence-electron chi connectivity index (χ2n) is 7.91. The normalized spacial score (nSPS) is 11.9. The molecule has 0 aliphatic carbocycles. The maximum Gasteiger partial charge on any atom is 0.313 e. The fraction of sp³-hybridized carbons (Fsp3) is 0.148. The Balaban J connectivity index is 1.71. The lowest BCUT2D eigenvalue weighted by atomic mass is 9.97. The van der Waals surface area contributed by atoms with Crippen LogP contribution in [0.25, 0.3) is 22.2 Å². The van der Waals surface area contributed by atoms with E-state index < -0.39 is 5.97 Å². The van der Waals surface area contributed by atoms with Crippen LogP contribution < -0.4 is 5.32 Å². The zero-order valence-corrected chi connectivity index (χ0v) is 22.0. The molecule has 1 heterocycles. The fourth-order valence-electron chi connectivity index (χ4n) is 3.94. The van der Waals surface area contributed by atoms with E-state index in [1.54, 1.807) is 6.07 Å². The maximum absolute atomic E-state index is 13.6. The number of carbonyl (C=O) groups is 2. The van der Waals surface area contributed by atoms with Gasteiger partial charge in [-0.05, 0) is 42.3 Å². The van der Waals surface area contributed by atoms with Gasteiger partial charge in [0.15, 0.2) is 0 Å². The quantitative estimate of drug-likeness (QED) is 0.241. The monoisotopic (exact) mass is 568 g/mol. The lowest BCUT2D eigenvalue weighted by Gasteiger charge is -2.20. The van der Waals surface area contributed by atoms with E-state index in [0.717, 1.165) is 32.2 Å². The van der Waals surface area contributed by atoms with Crippen LogP contribution in [0.3, 0.4) is 0 Å². The molecular weight excluding hydrogens is 548 g/mol. The molecule has 0 unspecified atom stereocenters. The first kappa shape index (κ1) is 25.2. The van der Waals surface area contributed by atoms with Crippen LogP contribution in [-0.4, -0.2) is 34.3 Å². The molecule has 0 fully saturated rings. The smallest absolute Gasteiger partial charge is 0.313 e. The van der Waals surface area contributed by atoms with E-state index in [2.05, 4.69) is 21.2 Å². The predicted molar refractivity (Wildman–Crippen MR) is 146 cm³/mol. The van der Waals surface area contributed by atoms with Gasteiger partial charge >= 0.3 is 5.97 Å². The largest absolute Gasteiger partial charge is 0.481 e. The number of fused-ring (bicyclic) bond motifs is 1. The lowest BCUT2D eigenvalue weighted by molar-refractivity contribution is -0.133. The minimum absolute atomic E-state index is 0.103. The minimum Gasteiger partial charge on any atom is -0.481 e. The van der Waals surface area contributed by atoms with Crippen LogP contribution in [0.4, 0.5) is 0 Å². The third kappa shape index (κ3) is 5.86. The Morgan fingerprint density at radius 3 is 2.51 bits per heavy atom. The summed E-state index contributed by atoms with van der Waals surface area (Å²) in [5, 5.41) is 13.2. The topological polar surface area (TPSA) is 79.3 Å². The highest BCUT2D eigenvalue weighted by molar-refractivity contribution is 9.10. The van der Waals surface area contributed by atoms with Gasteiger partial charge in [-0.1, -0.05) is 76.1 Å². The second kappa shape index (κ2) is 11.2. The number of hydrogen-bond acceptors (Lipinski definition) is 4. The fourth-order valence-corrected chi connectivity index (χ4v) is 5.56. The van der Waals surface area contributed by atoms with Crippen LogP contribution in [0.15, 0.2) is 77.3 Å². The Bertz CT molecular complexity index is 1400. The van der Waals surface area contributed by atoms with Crippen LogP contribution >= 0.6 is 39.3 Å². The molecule has 1 atom stereocenters. The number of pyridine rings is 1. The van der Waals surface area contributed by atoms with Crippen molar-refractivity contribution < 1.29 is 14.7 Å². The van der Waals surface area contributed by atoms with Crippen LogP contribution in [0.1, 0.15) is 26.7 Å². The molecule has 4 aromatic rings. The highest BCUT2D eigenvalue weighted by Gasteiger charge is 2.22. The van der Waals surface area contributed by atoms with Crippen LogP contribution in [-0.2, 0) is 4.79 Å². The average molecular weight is 570 g/mol. The third-order valence-electron chi connectivity index (χ3n) is 5.57. The SMILES string of the molecule is Cc1c(-c2ccccc2)nc2ccc(Br)cc2c1C(=O)NC[C@H](SCC(=O)O)c1ccccc1Cl. The number of hydrogen-bond donors (Lipinski definition) is 2. The summed E-state index contributed by atoms with van der Waals surface area (Å²) in [6.45, 7) is 2.12. The molecule has 3 aromatic carbocycles. The summed E-state index contributed by atoms with van der Waals surface area (Å²) in [6.07, 6.45) is 0. The molecule has 35 heavy (non-hydrogen) atoms. The molecule has 0 aliphatic heterocycles. The molecular formula is C27H22BrClN2O3S. The molecule has 0 spiro atoms. The van der Waals surface area contributed by atoms with Crippen molar-refractivity contribution >= 4 is 62.1 Å². The lowest BCUT2D eigenvalue weighted by Crippen LogP contribution is -2.29. The molecule has 1 aromatic heterocycles. The average Bonchev–Trinajstić information content (AvgIpc) is 2.84. The third-order valence-corrected chi connectivity index (χ3v) is 7.65. The van der Waals surface area contributed by atoms with Gasteiger partial charge in [0.2, 0.25) is 0 Å². The molecule has 0 saturated carbocycles. The van der Waals surface area contributed by atoms with Crippen LogP contribution in [0.2, 0.25) is 5.02 Å². The van der Waals surface area contributed by atoms with Gasteiger partial charge in [0.25, 0.3) is 5.91 Å². The summed E-state index contributed by atoms with van der Waals surface area (Å²) < 4.78 is 0.846. The summed E-state index contributed by atoms with van der Waals surface area (Å²) in [7, 11) is 0. The van der Waals surface area contributed by atoms with Gasteiger partial charge < -0.3 is 10.4 Å². The number of carboxylic acid groups (broad SMARTS) is 1. The van der Waals surface area contributed by atoms with Gasteiger partial charge in [0.05, 0.1) is 22.5 Å². The Labute approximate surface area is 221 Å². The predicted octanol–water partition coefficient (Wildman–Crippen LogP) is 6.92. The number of amides is 1. The van der Waals surface area contributed by atoms with Crippen molar-refractivity contribution in [2.75, 3.05) is 12.3 Å². The second-order valence-corrected chi connectivity index (χ2v) is 10.4. The van der Waals surface area contributed by atoms with Crippen molar-refractivity contribution in [3.05, 3.63) is 99.0 Å². The summed E-state index contributed by atoms with van der Waals surface area (Å²) in [5.41, 5.74) is 4.47. The number of nitrogens with zero attached hydrogens (tertiary/aromatic N) is 1. The molecule has 0 radical (unpaired) electrons. The standard InChI is InChI=1S/C27H22BrClN2O3S/c1-16-25(20-13-18(28)11-12-22(20)31-26(16)17-7-3-2-4-8-17)27(34)30-14-23(35-15-24(32)33)19-9-5-6-10-21(19)29/h2-13,23H,14-15H2,1H3,(H,30,34)(H,32,33)/t23-/m0/s1. The van der Waals surface area contributed by atoms with Crippen molar-refractivity contribution in [2.24, 2.45) is 0 Å². The van der Waals surface area contributed by atoms with Gasteiger partial charge in [-0.2, -0.15) is 0 Å². The molecule has 8 heteroatoms. The molecule has 4 rings (SSSR count). The summed E-state index contributed by atoms with van der Waals surface area (Å²) in [4.78, 5) is 29.7. The summed E-state index contributed by atoms with van der Waals surface area (Å²) >= 11 is 11.1. The Kier molecular flexibility index (Phi) is 8.11. The number of aliphatic carboxylic acids is 1. The van der Waals surface area contributed by atoms with Crippen molar-refractivity contribution in [3.63, 3.8) is 0 Å². The van der Waals surface area contributed by atoms with Gasteiger partial charge in [0.1, 0.15) is 0 Å². The first-order chi connectivity index (χ1) is 16.8. The maximum atomic E-state index is 13.6. The number of carbonyl (C=O) groups excluding carboxylic acids is 1. The van der Waals surface area contributed by atoms with E-state index in [0.29, 0.717) is 16.1 Å². The first-order valence-corrected chi connectivity index (χ1v) is 13.1. The Morgan fingerprint density at radius 2 is 1.80 bits per heavy atom. The van der Waals surface area contributed by atoms with Gasteiger partial charge in [0, 0.05) is 32.2 Å². The molecule has 0 saturated heterocycles. The Hall–Kier alpha value is -2.87. The molecule has 5 nitrogen and oxygen atoms in total. The van der Waals surface area contributed by atoms with E-state index in [9.17, 15) is 14.7 Å². The zero-order valence-electron chi connectivity index (χ0n) is 18.8. The number of halogens is 2. The zero-order chi connectivity index (χ0) is 24.9. The highest BCUT2D eigenvalue weighted by atomic mass is 79.9. The molecule has 0 bridgehead atoms. The highest BCUT2D eigenvalue weighted by Crippen LogP contribution is 2.34. The summed E-state index contributed by atoms with van der Waals surface area (Å²) in [6, 6.07) is 22.7. The molecule has 178 valence electrons. The van der Waals surface area contributed by atoms with Crippen molar-refractivity contribution in [2.45, 2.75) is 12.2 Å². The number of nitrogens with one attached hydrogen (secondary N) is 1. The molecule has 2 N–H and O–H groups in total. The van der Waals surface area contributed by atoms with Gasteiger partial charge in [-0.25, -0.2) is 4.98 Å². The van der Waals surface area contributed by atoms with E-state index in [4.69, 9.17) is 16.6 Å². The first-order valence-electron chi connectivity index (χ1n) is 10.9. The van der Waals surface area contributed by atoms with Crippen molar-refractivity contribution in [3.8, 4) is 11.3 Å². The van der Waals surface area contributed by atoms with Crippen LogP contribution in [0.5, 0.6) is 0 Å².